The second-order valence-electron chi connectivity index (χ2n) is 4.18. The summed E-state index contributed by atoms with van der Waals surface area (Å²) in [7, 11) is 0. The van der Waals surface area contributed by atoms with E-state index in [-0.39, 0.29) is 23.9 Å². The van der Waals surface area contributed by atoms with Crippen LogP contribution in [0.25, 0.3) is 0 Å². The predicted molar refractivity (Wildman–Crippen MR) is 75.7 cm³/mol. The van der Waals surface area contributed by atoms with E-state index in [1.165, 1.54) is 12.1 Å². The molecule has 1 atom stereocenters. The van der Waals surface area contributed by atoms with E-state index in [9.17, 15) is 9.18 Å². The van der Waals surface area contributed by atoms with Crippen LogP contribution in [0, 0.1) is 5.82 Å². The van der Waals surface area contributed by atoms with Crippen molar-refractivity contribution in [3.05, 3.63) is 34.6 Å². The van der Waals surface area contributed by atoms with Crippen LogP contribution in [0.1, 0.15) is 25.3 Å². The van der Waals surface area contributed by atoms with Gasteiger partial charge >= 0.3 is 0 Å². The summed E-state index contributed by atoms with van der Waals surface area (Å²) in [5, 5.41) is 4.03. The molecule has 1 rings (SSSR count). The SMILES string of the molecule is CC(CCCBr)NC(=O)Cc1c(F)cccc1Cl. The first-order chi connectivity index (χ1) is 8.54. The molecule has 0 aliphatic carbocycles. The first kappa shape index (κ1) is 15.4. The summed E-state index contributed by atoms with van der Waals surface area (Å²) in [4.78, 5) is 11.7. The lowest BCUT2D eigenvalue weighted by atomic mass is 10.1. The Labute approximate surface area is 120 Å². The minimum Gasteiger partial charge on any atom is -0.353 e. The third-order valence-corrected chi connectivity index (χ3v) is 3.49. The molecule has 0 aliphatic rings. The molecule has 0 aliphatic heterocycles. The van der Waals surface area contributed by atoms with Gasteiger partial charge in [0.05, 0.1) is 6.42 Å². The average Bonchev–Trinajstić information content (AvgIpc) is 2.31. The standard InChI is InChI=1S/C13H16BrClFNO/c1-9(4-3-7-14)17-13(18)8-10-11(15)5-2-6-12(10)16/h2,5-6,9H,3-4,7-8H2,1H3,(H,17,18). The fourth-order valence-electron chi connectivity index (χ4n) is 1.64. The molecule has 0 radical (unpaired) electrons. The molecule has 1 aromatic carbocycles. The number of rotatable bonds is 6. The minimum absolute atomic E-state index is 0.0237. The molecule has 1 unspecified atom stereocenters. The lowest BCUT2D eigenvalue weighted by Gasteiger charge is -2.13. The van der Waals surface area contributed by atoms with Gasteiger partial charge in [-0.25, -0.2) is 4.39 Å². The highest BCUT2D eigenvalue weighted by atomic mass is 79.9. The summed E-state index contributed by atoms with van der Waals surface area (Å²) in [5.41, 5.74) is 0.254. The van der Waals surface area contributed by atoms with Crippen LogP contribution in [0.15, 0.2) is 18.2 Å². The molecule has 0 aromatic heterocycles. The fourth-order valence-corrected chi connectivity index (χ4v) is 2.20. The molecule has 0 spiro atoms. The maximum absolute atomic E-state index is 13.5. The number of hydrogen-bond donors (Lipinski definition) is 1. The van der Waals surface area contributed by atoms with Gasteiger partial charge in [-0.05, 0) is 31.9 Å². The summed E-state index contributed by atoms with van der Waals surface area (Å²) in [6.45, 7) is 1.93. The number of benzene rings is 1. The van der Waals surface area contributed by atoms with Gasteiger partial charge in [0, 0.05) is 22.0 Å². The Morgan fingerprint density at radius 3 is 2.89 bits per heavy atom. The molecular weight excluding hydrogens is 321 g/mol. The summed E-state index contributed by atoms with van der Waals surface area (Å²) >= 11 is 9.20. The second-order valence-corrected chi connectivity index (χ2v) is 5.38. The highest BCUT2D eigenvalue weighted by Gasteiger charge is 2.13. The van der Waals surface area contributed by atoms with Crippen molar-refractivity contribution >= 4 is 33.4 Å². The Kier molecular flexibility index (Phi) is 6.65. The smallest absolute Gasteiger partial charge is 0.224 e. The van der Waals surface area contributed by atoms with Gasteiger partial charge in [-0.15, -0.1) is 0 Å². The Balaban J connectivity index is 2.54. The minimum atomic E-state index is -0.439. The van der Waals surface area contributed by atoms with Crippen molar-refractivity contribution in [2.75, 3.05) is 5.33 Å². The van der Waals surface area contributed by atoms with Crippen molar-refractivity contribution in [2.24, 2.45) is 0 Å². The first-order valence-electron chi connectivity index (χ1n) is 5.82. The Hall–Kier alpha value is -0.610. The molecule has 1 aromatic rings. The normalized spacial score (nSPS) is 12.2. The molecule has 0 saturated heterocycles. The summed E-state index contributed by atoms with van der Waals surface area (Å²) in [5.74, 6) is -0.644. The zero-order valence-corrected chi connectivity index (χ0v) is 12.5. The molecule has 0 heterocycles. The third-order valence-electron chi connectivity index (χ3n) is 2.58. The molecule has 5 heteroatoms. The van der Waals surface area contributed by atoms with Crippen LogP contribution in [-0.4, -0.2) is 17.3 Å². The third kappa shape index (κ3) is 4.94. The van der Waals surface area contributed by atoms with E-state index in [2.05, 4.69) is 21.2 Å². The number of amides is 1. The van der Waals surface area contributed by atoms with Gasteiger partial charge in [0.15, 0.2) is 0 Å². The monoisotopic (exact) mass is 335 g/mol. The van der Waals surface area contributed by atoms with Crippen molar-refractivity contribution in [1.82, 2.24) is 5.32 Å². The lowest BCUT2D eigenvalue weighted by molar-refractivity contribution is -0.121. The van der Waals surface area contributed by atoms with Gasteiger partial charge < -0.3 is 5.32 Å². The molecule has 18 heavy (non-hydrogen) atoms. The van der Waals surface area contributed by atoms with Crippen LogP contribution < -0.4 is 5.32 Å². The van der Waals surface area contributed by atoms with Crippen molar-refractivity contribution < 1.29 is 9.18 Å². The number of carbonyl (C=O) groups is 1. The summed E-state index contributed by atoms with van der Waals surface area (Å²) < 4.78 is 13.5. The first-order valence-corrected chi connectivity index (χ1v) is 7.32. The maximum Gasteiger partial charge on any atom is 0.224 e. The number of halogens is 3. The highest BCUT2D eigenvalue weighted by Crippen LogP contribution is 2.19. The molecule has 0 bridgehead atoms. The second kappa shape index (κ2) is 7.74. The molecule has 0 saturated carbocycles. The average molecular weight is 337 g/mol. The van der Waals surface area contributed by atoms with Crippen molar-refractivity contribution in [3.8, 4) is 0 Å². The van der Waals surface area contributed by atoms with Crippen molar-refractivity contribution in [3.63, 3.8) is 0 Å². The summed E-state index contributed by atoms with van der Waals surface area (Å²) in [6, 6.07) is 4.50. The van der Waals surface area contributed by atoms with Crippen molar-refractivity contribution in [2.45, 2.75) is 32.2 Å². The largest absolute Gasteiger partial charge is 0.353 e. The molecule has 1 N–H and O–H groups in total. The van der Waals surface area contributed by atoms with Gasteiger partial charge in [-0.2, -0.15) is 0 Å². The van der Waals surface area contributed by atoms with E-state index in [0.29, 0.717) is 5.02 Å². The van der Waals surface area contributed by atoms with E-state index in [1.807, 2.05) is 6.92 Å². The van der Waals surface area contributed by atoms with Crippen molar-refractivity contribution in [1.29, 1.82) is 0 Å². The van der Waals surface area contributed by atoms with E-state index in [4.69, 9.17) is 11.6 Å². The summed E-state index contributed by atoms with van der Waals surface area (Å²) in [6.07, 6.45) is 1.86. The number of hydrogen-bond acceptors (Lipinski definition) is 1. The Morgan fingerprint density at radius 1 is 1.56 bits per heavy atom. The van der Waals surface area contributed by atoms with Gasteiger partial charge in [0.2, 0.25) is 5.91 Å². The van der Waals surface area contributed by atoms with E-state index < -0.39 is 5.82 Å². The van der Waals surface area contributed by atoms with E-state index in [0.717, 1.165) is 18.2 Å². The molecule has 0 fully saturated rings. The highest BCUT2D eigenvalue weighted by molar-refractivity contribution is 9.09. The maximum atomic E-state index is 13.5. The van der Waals surface area contributed by atoms with Gasteiger partial charge in [-0.3, -0.25) is 4.79 Å². The van der Waals surface area contributed by atoms with Gasteiger partial charge in [0.25, 0.3) is 0 Å². The number of nitrogens with one attached hydrogen (secondary N) is 1. The topological polar surface area (TPSA) is 29.1 Å². The quantitative estimate of drug-likeness (QED) is 0.789. The Morgan fingerprint density at radius 2 is 2.28 bits per heavy atom. The van der Waals surface area contributed by atoms with Crippen LogP contribution in [0.2, 0.25) is 5.02 Å². The van der Waals surface area contributed by atoms with Crippen LogP contribution in [-0.2, 0) is 11.2 Å². The van der Waals surface area contributed by atoms with Gasteiger partial charge in [0.1, 0.15) is 5.82 Å². The lowest BCUT2D eigenvalue weighted by Crippen LogP contribution is -2.33. The predicted octanol–water partition coefficient (Wildman–Crippen LogP) is 3.70. The van der Waals surface area contributed by atoms with E-state index >= 15 is 0 Å². The fraction of sp³-hybridized carbons (Fsp3) is 0.462. The van der Waals surface area contributed by atoms with E-state index in [1.54, 1.807) is 6.07 Å². The molecule has 100 valence electrons. The van der Waals surface area contributed by atoms with Crippen LogP contribution >= 0.6 is 27.5 Å². The number of alkyl halides is 1. The van der Waals surface area contributed by atoms with Gasteiger partial charge in [-0.1, -0.05) is 33.6 Å². The van der Waals surface area contributed by atoms with Crippen LogP contribution in [0.5, 0.6) is 0 Å². The zero-order valence-electron chi connectivity index (χ0n) is 10.2. The molecule has 2 nitrogen and oxygen atoms in total. The zero-order chi connectivity index (χ0) is 13.5. The number of carbonyl (C=O) groups excluding carboxylic acids is 1. The molecule has 1 amide bonds. The Bertz CT molecular complexity index is 394. The molecular formula is C13H16BrClFNO. The van der Waals surface area contributed by atoms with Crippen LogP contribution in [0.3, 0.4) is 0 Å². The van der Waals surface area contributed by atoms with Crippen LogP contribution in [0.4, 0.5) is 4.39 Å².